The highest BCUT2D eigenvalue weighted by Gasteiger charge is 2.52. The van der Waals surface area contributed by atoms with Crippen molar-refractivity contribution in [2.45, 2.75) is 50.9 Å². The summed E-state index contributed by atoms with van der Waals surface area (Å²) in [5, 5.41) is 0. The Balaban J connectivity index is 2.33. The molecular formula is C17H22F2O2. The van der Waals surface area contributed by atoms with Crippen molar-refractivity contribution in [2.75, 3.05) is 6.61 Å². The third kappa shape index (κ3) is 3.60. The van der Waals surface area contributed by atoms with Gasteiger partial charge in [0.05, 0.1) is 12.5 Å². The Morgan fingerprint density at radius 2 is 1.86 bits per heavy atom. The summed E-state index contributed by atoms with van der Waals surface area (Å²) in [6.07, 6.45) is 4.48. The minimum absolute atomic E-state index is 0.0272. The molecule has 0 N–H and O–H groups in total. The Hall–Kier alpha value is -1.45. The van der Waals surface area contributed by atoms with Gasteiger partial charge >= 0.3 is 11.9 Å². The lowest BCUT2D eigenvalue weighted by atomic mass is 9.73. The number of carbonyl (C=O) groups excluding carboxylic acids is 1. The van der Waals surface area contributed by atoms with Crippen LogP contribution in [0.1, 0.15) is 50.5 Å². The molecule has 1 saturated carbocycles. The van der Waals surface area contributed by atoms with E-state index in [-0.39, 0.29) is 12.5 Å². The van der Waals surface area contributed by atoms with Crippen LogP contribution in [0.25, 0.3) is 0 Å². The molecule has 1 aliphatic carbocycles. The van der Waals surface area contributed by atoms with Gasteiger partial charge < -0.3 is 4.74 Å². The summed E-state index contributed by atoms with van der Waals surface area (Å²) >= 11 is 0. The molecule has 0 bridgehead atoms. The SMILES string of the molecule is CCOC(=O)C(F)(F)C(c1ccccc1)C1CCCCC1. The van der Waals surface area contributed by atoms with Crippen molar-refractivity contribution in [1.29, 1.82) is 0 Å². The van der Waals surface area contributed by atoms with E-state index in [9.17, 15) is 13.6 Å². The first-order chi connectivity index (χ1) is 10.1. The quantitative estimate of drug-likeness (QED) is 0.745. The highest BCUT2D eigenvalue weighted by molar-refractivity contribution is 5.79. The molecule has 1 aromatic carbocycles. The van der Waals surface area contributed by atoms with Gasteiger partial charge in [-0.05, 0) is 31.2 Å². The van der Waals surface area contributed by atoms with Crippen LogP contribution in [0.3, 0.4) is 0 Å². The van der Waals surface area contributed by atoms with Crippen LogP contribution in [0.2, 0.25) is 0 Å². The number of benzene rings is 1. The summed E-state index contributed by atoms with van der Waals surface area (Å²) in [5.74, 6) is -6.12. The van der Waals surface area contributed by atoms with Crippen molar-refractivity contribution in [1.82, 2.24) is 0 Å². The Bertz CT molecular complexity index is 453. The maximum absolute atomic E-state index is 14.7. The molecule has 116 valence electrons. The van der Waals surface area contributed by atoms with Crippen LogP contribution in [0.4, 0.5) is 8.78 Å². The number of hydrogen-bond acceptors (Lipinski definition) is 2. The van der Waals surface area contributed by atoms with Crippen LogP contribution in [0.15, 0.2) is 30.3 Å². The lowest BCUT2D eigenvalue weighted by molar-refractivity contribution is -0.177. The molecule has 4 heteroatoms. The number of rotatable bonds is 5. The van der Waals surface area contributed by atoms with Crippen LogP contribution in [0, 0.1) is 5.92 Å². The summed E-state index contributed by atoms with van der Waals surface area (Å²) in [4.78, 5) is 11.7. The molecule has 1 unspecified atom stereocenters. The summed E-state index contributed by atoms with van der Waals surface area (Å²) in [5.41, 5.74) is 0.530. The highest BCUT2D eigenvalue weighted by atomic mass is 19.3. The van der Waals surface area contributed by atoms with E-state index in [0.717, 1.165) is 32.1 Å². The van der Waals surface area contributed by atoms with Crippen molar-refractivity contribution >= 4 is 5.97 Å². The predicted molar refractivity (Wildman–Crippen MR) is 77.3 cm³/mol. The van der Waals surface area contributed by atoms with Gasteiger partial charge in [0.15, 0.2) is 0 Å². The van der Waals surface area contributed by atoms with E-state index in [1.807, 2.05) is 0 Å². The molecule has 2 rings (SSSR count). The van der Waals surface area contributed by atoms with Gasteiger partial charge in [-0.3, -0.25) is 0 Å². The normalized spacial score (nSPS) is 18.2. The molecule has 0 amide bonds. The van der Waals surface area contributed by atoms with E-state index in [2.05, 4.69) is 4.74 Å². The van der Waals surface area contributed by atoms with Gasteiger partial charge in [0, 0.05) is 0 Å². The monoisotopic (exact) mass is 296 g/mol. The van der Waals surface area contributed by atoms with E-state index in [4.69, 9.17) is 0 Å². The fourth-order valence-corrected chi connectivity index (χ4v) is 3.26. The first-order valence-corrected chi connectivity index (χ1v) is 7.67. The van der Waals surface area contributed by atoms with Gasteiger partial charge in [-0.15, -0.1) is 0 Å². The molecule has 21 heavy (non-hydrogen) atoms. The van der Waals surface area contributed by atoms with Crippen LogP contribution in [-0.2, 0) is 9.53 Å². The molecule has 0 saturated heterocycles. The number of esters is 1. The topological polar surface area (TPSA) is 26.3 Å². The Kier molecular flexibility index (Phi) is 5.32. The number of hydrogen-bond donors (Lipinski definition) is 0. The zero-order valence-corrected chi connectivity index (χ0v) is 12.4. The Morgan fingerprint density at radius 1 is 1.24 bits per heavy atom. The molecule has 0 aromatic heterocycles. The smallest absolute Gasteiger partial charge is 0.377 e. The molecule has 2 nitrogen and oxygen atoms in total. The van der Waals surface area contributed by atoms with E-state index in [0.29, 0.717) is 5.56 Å². The number of carbonyl (C=O) groups is 1. The highest BCUT2D eigenvalue weighted by Crippen LogP contribution is 2.45. The second kappa shape index (κ2) is 7.01. The van der Waals surface area contributed by atoms with Crippen molar-refractivity contribution in [3.8, 4) is 0 Å². The lowest BCUT2D eigenvalue weighted by Gasteiger charge is -2.34. The first-order valence-electron chi connectivity index (χ1n) is 7.67. The second-order valence-electron chi connectivity index (χ2n) is 5.63. The van der Waals surface area contributed by atoms with Crippen LogP contribution in [-0.4, -0.2) is 18.5 Å². The summed E-state index contributed by atoms with van der Waals surface area (Å²) in [6, 6.07) is 8.65. The zero-order chi connectivity index (χ0) is 15.3. The maximum Gasteiger partial charge on any atom is 0.377 e. The molecule has 0 spiro atoms. The van der Waals surface area contributed by atoms with Gasteiger partial charge in [0.25, 0.3) is 0 Å². The predicted octanol–water partition coefficient (Wildman–Crippen LogP) is 4.55. The molecule has 0 heterocycles. The minimum Gasteiger partial charge on any atom is -0.462 e. The van der Waals surface area contributed by atoms with Gasteiger partial charge in [0.2, 0.25) is 0 Å². The fourth-order valence-electron chi connectivity index (χ4n) is 3.26. The zero-order valence-electron chi connectivity index (χ0n) is 12.4. The molecule has 0 radical (unpaired) electrons. The summed E-state index contributed by atoms with van der Waals surface area (Å²) in [6.45, 7) is 1.52. The van der Waals surface area contributed by atoms with E-state index < -0.39 is 17.8 Å². The van der Waals surface area contributed by atoms with Crippen LogP contribution in [0.5, 0.6) is 0 Å². The summed E-state index contributed by atoms with van der Waals surface area (Å²) in [7, 11) is 0. The standard InChI is InChI=1S/C17H22F2O2/c1-2-21-16(20)17(18,19)15(13-9-5-3-6-10-13)14-11-7-4-8-12-14/h3,5-6,9-10,14-15H,2,4,7-8,11-12H2,1H3. The maximum atomic E-state index is 14.7. The van der Waals surface area contributed by atoms with E-state index in [1.165, 1.54) is 0 Å². The van der Waals surface area contributed by atoms with Crippen molar-refractivity contribution < 1.29 is 18.3 Å². The third-order valence-electron chi connectivity index (χ3n) is 4.22. The first kappa shape index (κ1) is 15.9. The Morgan fingerprint density at radius 3 is 2.43 bits per heavy atom. The molecule has 1 fully saturated rings. The second-order valence-corrected chi connectivity index (χ2v) is 5.63. The van der Waals surface area contributed by atoms with Gasteiger partial charge in [-0.25, -0.2) is 4.79 Å². The average Bonchev–Trinajstić information content (AvgIpc) is 2.49. The average molecular weight is 296 g/mol. The Labute approximate surface area is 124 Å². The van der Waals surface area contributed by atoms with Gasteiger partial charge in [0.1, 0.15) is 0 Å². The molecule has 0 aliphatic heterocycles. The molecule has 1 aromatic rings. The third-order valence-corrected chi connectivity index (χ3v) is 4.22. The van der Waals surface area contributed by atoms with E-state index in [1.54, 1.807) is 37.3 Å². The van der Waals surface area contributed by atoms with Crippen LogP contribution >= 0.6 is 0 Å². The fraction of sp³-hybridized carbons (Fsp3) is 0.588. The van der Waals surface area contributed by atoms with Crippen LogP contribution < -0.4 is 0 Å². The lowest BCUT2D eigenvalue weighted by Crippen LogP contribution is -2.41. The largest absolute Gasteiger partial charge is 0.462 e. The molecule has 1 atom stereocenters. The van der Waals surface area contributed by atoms with Gasteiger partial charge in [-0.1, -0.05) is 49.6 Å². The van der Waals surface area contributed by atoms with Gasteiger partial charge in [-0.2, -0.15) is 8.78 Å². The van der Waals surface area contributed by atoms with Crippen molar-refractivity contribution in [3.63, 3.8) is 0 Å². The summed E-state index contributed by atoms with van der Waals surface area (Å²) < 4.78 is 33.9. The number of ether oxygens (including phenoxy) is 1. The molecular weight excluding hydrogens is 274 g/mol. The minimum atomic E-state index is -3.47. The molecule has 1 aliphatic rings. The van der Waals surface area contributed by atoms with Crippen molar-refractivity contribution in [3.05, 3.63) is 35.9 Å². The van der Waals surface area contributed by atoms with Crippen molar-refractivity contribution in [2.24, 2.45) is 5.92 Å². The van der Waals surface area contributed by atoms with E-state index >= 15 is 0 Å². The number of alkyl halides is 2. The number of halogens is 2.